The lowest BCUT2D eigenvalue weighted by molar-refractivity contribution is 0.495. The second kappa shape index (κ2) is 3.98. The predicted molar refractivity (Wildman–Crippen MR) is 60.6 cm³/mol. The predicted octanol–water partition coefficient (Wildman–Crippen LogP) is 2.23. The van der Waals surface area contributed by atoms with Crippen LogP contribution in [0.15, 0.2) is 16.6 Å². The van der Waals surface area contributed by atoms with Gasteiger partial charge in [-0.15, -0.1) is 0 Å². The van der Waals surface area contributed by atoms with Gasteiger partial charge in [-0.05, 0) is 40.5 Å². The summed E-state index contributed by atoms with van der Waals surface area (Å²) in [7, 11) is 3.89. The van der Waals surface area contributed by atoms with Crippen molar-refractivity contribution >= 4 is 27.3 Å². The Morgan fingerprint density at radius 3 is 2.54 bits per heavy atom. The van der Waals surface area contributed by atoms with Gasteiger partial charge in [0.15, 0.2) is 0 Å². The van der Waals surface area contributed by atoms with Gasteiger partial charge in [0, 0.05) is 24.3 Å². The van der Waals surface area contributed by atoms with Crippen LogP contribution in [0, 0.1) is 6.92 Å². The van der Waals surface area contributed by atoms with Crippen molar-refractivity contribution in [1.29, 1.82) is 0 Å². The number of nitrogens with one attached hydrogen (secondary N) is 1. The number of nitrogens with zero attached hydrogens (tertiary/aromatic N) is 1. The summed E-state index contributed by atoms with van der Waals surface area (Å²) in [5.41, 5.74) is 11.8. The van der Waals surface area contributed by atoms with Gasteiger partial charge >= 0.3 is 0 Å². The Hall–Kier alpha value is -0.740. The standard InChI is InChI=1S/C9H14BrN3/c1-6-4-9(12-13(2)3)7(10)5-8(6)11/h4-5,12H,11H2,1-3H3. The molecule has 0 radical (unpaired) electrons. The van der Waals surface area contributed by atoms with Crippen LogP contribution in [-0.2, 0) is 0 Å². The Balaban J connectivity index is 3.01. The first-order valence-corrected chi connectivity index (χ1v) is 4.79. The summed E-state index contributed by atoms with van der Waals surface area (Å²) in [4.78, 5) is 0. The Labute approximate surface area is 87.0 Å². The van der Waals surface area contributed by atoms with Crippen LogP contribution in [-0.4, -0.2) is 19.1 Å². The minimum absolute atomic E-state index is 0.802. The number of benzene rings is 1. The van der Waals surface area contributed by atoms with E-state index in [-0.39, 0.29) is 0 Å². The summed E-state index contributed by atoms with van der Waals surface area (Å²) in [6.45, 7) is 1.99. The molecule has 0 fully saturated rings. The van der Waals surface area contributed by atoms with Crippen LogP contribution in [0.1, 0.15) is 5.56 Å². The molecule has 72 valence electrons. The molecular weight excluding hydrogens is 230 g/mol. The number of anilines is 2. The van der Waals surface area contributed by atoms with E-state index in [0.29, 0.717) is 0 Å². The molecule has 3 nitrogen and oxygen atoms in total. The molecule has 0 unspecified atom stereocenters. The Morgan fingerprint density at radius 2 is 2.00 bits per heavy atom. The van der Waals surface area contributed by atoms with Crippen molar-refractivity contribution in [3.05, 3.63) is 22.2 Å². The fraction of sp³-hybridized carbons (Fsp3) is 0.333. The molecular formula is C9H14BrN3. The smallest absolute Gasteiger partial charge is 0.0636 e. The van der Waals surface area contributed by atoms with Gasteiger partial charge in [0.05, 0.1) is 5.69 Å². The van der Waals surface area contributed by atoms with Gasteiger partial charge < -0.3 is 11.2 Å². The van der Waals surface area contributed by atoms with Crippen molar-refractivity contribution in [3.63, 3.8) is 0 Å². The van der Waals surface area contributed by atoms with E-state index in [4.69, 9.17) is 5.73 Å². The van der Waals surface area contributed by atoms with Crippen LogP contribution in [0.4, 0.5) is 11.4 Å². The molecule has 1 aromatic carbocycles. The van der Waals surface area contributed by atoms with Gasteiger partial charge in [0.1, 0.15) is 0 Å². The fourth-order valence-electron chi connectivity index (χ4n) is 1.02. The van der Waals surface area contributed by atoms with Crippen LogP contribution in [0.3, 0.4) is 0 Å². The van der Waals surface area contributed by atoms with Gasteiger partial charge in [-0.2, -0.15) is 0 Å². The van der Waals surface area contributed by atoms with E-state index in [1.54, 1.807) is 0 Å². The van der Waals surface area contributed by atoms with Gasteiger partial charge in [-0.1, -0.05) is 0 Å². The third-order valence-corrected chi connectivity index (χ3v) is 2.36. The summed E-state index contributed by atoms with van der Waals surface area (Å²) >= 11 is 3.44. The molecule has 0 heterocycles. The van der Waals surface area contributed by atoms with Crippen LogP contribution in [0.5, 0.6) is 0 Å². The lowest BCUT2D eigenvalue weighted by Crippen LogP contribution is -2.19. The molecule has 1 aromatic rings. The monoisotopic (exact) mass is 243 g/mol. The van der Waals surface area contributed by atoms with Gasteiger partial charge in [-0.3, -0.25) is 0 Å². The summed E-state index contributed by atoms with van der Waals surface area (Å²) in [5.74, 6) is 0. The maximum atomic E-state index is 5.75. The molecule has 0 amide bonds. The average Bonchev–Trinajstić information content (AvgIpc) is 1.99. The van der Waals surface area contributed by atoms with Crippen LogP contribution in [0.25, 0.3) is 0 Å². The molecule has 0 aliphatic rings. The van der Waals surface area contributed by atoms with Crippen molar-refractivity contribution in [1.82, 2.24) is 5.01 Å². The molecule has 4 heteroatoms. The average molecular weight is 244 g/mol. The van der Waals surface area contributed by atoms with Crippen molar-refractivity contribution in [2.24, 2.45) is 0 Å². The highest BCUT2D eigenvalue weighted by molar-refractivity contribution is 9.10. The zero-order valence-corrected chi connectivity index (χ0v) is 9.64. The zero-order chi connectivity index (χ0) is 10.0. The SMILES string of the molecule is Cc1cc(NN(C)C)c(Br)cc1N. The third kappa shape index (κ3) is 2.60. The molecule has 0 bridgehead atoms. The number of nitrogens with two attached hydrogens (primary N) is 1. The first-order valence-electron chi connectivity index (χ1n) is 4.00. The number of nitrogen functional groups attached to an aromatic ring is 1. The van der Waals surface area contributed by atoms with Crippen molar-refractivity contribution in [2.45, 2.75) is 6.92 Å². The molecule has 0 aromatic heterocycles. The quantitative estimate of drug-likeness (QED) is 0.619. The van der Waals surface area contributed by atoms with Crippen molar-refractivity contribution in [3.8, 4) is 0 Å². The number of hydrazine groups is 1. The molecule has 0 aliphatic carbocycles. The van der Waals surface area contributed by atoms with E-state index in [1.807, 2.05) is 38.2 Å². The highest BCUT2D eigenvalue weighted by atomic mass is 79.9. The molecule has 0 spiro atoms. The van der Waals surface area contributed by atoms with Crippen molar-refractivity contribution < 1.29 is 0 Å². The molecule has 0 saturated carbocycles. The van der Waals surface area contributed by atoms with Crippen molar-refractivity contribution in [2.75, 3.05) is 25.3 Å². The van der Waals surface area contributed by atoms with E-state index in [9.17, 15) is 0 Å². The molecule has 0 saturated heterocycles. The summed E-state index contributed by atoms with van der Waals surface area (Å²) < 4.78 is 0.976. The number of aryl methyl sites for hydroxylation is 1. The summed E-state index contributed by atoms with van der Waals surface area (Å²) in [5, 5.41) is 1.88. The Bertz CT molecular complexity index is 310. The van der Waals surface area contributed by atoms with Crippen LogP contribution in [0.2, 0.25) is 0 Å². The Morgan fingerprint density at radius 1 is 1.38 bits per heavy atom. The Kier molecular flexibility index (Phi) is 3.17. The van der Waals surface area contributed by atoms with E-state index in [2.05, 4.69) is 21.4 Å². The normalized spacial score (nSPS) is 10.5. The minimum Gasteiger partial charge on any atom is -0.398 e. The van der Waals surface area contributed by atoms with Gasteiger partial charge in [-0.25, -0.2) is 5.01 Å². The molecule has 3 N–H and O–H groups in total. The molecule has 0 atom stereocenters. The lowest BCUT2D eigenvalue weighted by atomic mass is 10.2. The molecule has 13 heavy (non-hydrogen) atoms. The lowest BCUT2D eigenvalue weighted by Gasteiger charge is -2.16. The molecule has 1 rings (SSSR count). The highest BCUT2D eigenvalue weighted by Crippen LogP contribution is 2.27. The van der Waals surface area contributed by atoms with Crippen LogP contribution >= 0.6 is 15.9 Å². The van der Waals surface area contributed by atoms with E-state index in [1.165, 1.54) is 0 Å². The number of hydrogen-bond acceptors (Lipinski definition) is 3. The highest BCUT2D eigenvalue weighted by Gasteiger charge is 2.03. The topological polar surface area (TPSA) is 41.3 Å². The summed E-state index contributed by atoms with van der Waals surface area (Å²) in [6, 6.07) is 3.92. The largest absolute Gasteiger partial charge is 0.398 e. The maximum Gasteiger partial charge on any atom is 0.0636 e. The zero-order valence-electron chi connectivity index (χ0n) is 8.06. The second-order valence-electron chi connectivity index (χ2n) is 3.19. The van der Waals surface area contributed by atoms with Gasteiger partial charge in [0.25, 0.3) is 0 Å². The van der Waals surface area contributed by atoms with E-state index < -0.39 is 0 Å². The fourth-order valence-corrected chi connectivity index (χ4v) is 1.47. The molecule has 0 aliphatic heterocycles. The number of rotatable bonds is 2. The number of hydrogen-bond donors (Lipinski definition) is 2. The number of halogens is 1. The van der Waals surface area contributed by atoms with Crippen LogP contribution < -0.4 is 11.2 Å². The second-order valence-corrected chi connectivity index (χ2v) is 4.05. The summed E-state index contributed by atoms with van der Waals surface area (Å²) in [6.07, 6.45) is 0. The van der Waals surface area contributed by atoms with Gasteiger partial charge in [0.2, 0.25) is 0 Å². The third-order valence-electron chi connectivity index (χ3n) is 1.70. The maximum absolute atomic E-state index is 5.75. The minimum atomic E-state index is 0.802. The van der Waals surface area contributed by atoms with E-state index in [0.717, 1.165) is 21.4 Å². The van der Waals surface area contributed by atoms with E-state index >= 15 is 0 Å². The first-order chi connectivity index (χ1) is 6.00. The first kappa shape index (κ1) is 10.3.